The first-order valence-electron chi connectivity index (χ1n) is 5.26. The van der Waals surface area contributed by atoms with Gasteiger partial charge in [0.2, 0.25) is 0 Å². The van der Waals surface area contributed by atoms with Gasteiger partial charge in [-0.25, -0.2) is 4.39 Å². The first-order chi connectivity index (χ1) is 7.84. The number of hydrogen-bond acceptors (Lipinski definition) is 2. The summed E-state index contributed by atoms with van der Waals surface area (Å²) in [5, 5.41) is 1.48. The molecule has 0 saturated carbocycles. The maximum absolute atomic E-state index is 14.0. The fraction of sp³-hybridized carbons (Fsp3) is 0.231. The Kier molecular flexibility index (Phi) is 2.26. The Morgan fingerprint density at radius 1 is 1.25 bits per heavy atom. The summed E-state index contributed by atoms with van der Waals surface area (Å²) >= 11 is 0. The number of hydrogen-bond donors (Lipinski definition) is 0. The molecule has 0 bridgehead atoms. The number of ether oxygens (including phenoxy) is 2. The molecular formula is C13H11FO2. The molecule has 1 atom stereocenters. The topological polar surface area (TPSA) is 21.8 Å². The van der Waals surface area contributed by atoms with Crippen molar-refractivity contribution < 1.29 is 13.9 Å². The van der Waals surface area contributed by atoms with Crippen LogP contribution in [0.15, 0.2) is 36.4 Å². The number of rotatable bonds is 3. The normalized spacial score (nSPS) is 18.7. The lowest BCUT2D eigenvalue weighted by atomic mass is 10.1. The SMILES string of the molecule is Fc1c(OCC2CO2)ccc2ccccc12. The van der Waals surface area contributed by atoms with Gasteiger partial charge in [-0.05, 0) is 11.5 Å². The third kappa shape index (κ3) is 1.74. The van der Waals surface area contributed by atoms with E-state index in [1.807, 2.05) is 24.3 Å². The van der Waals surface area contributed by atoms with E-state index in [2.05, 4.69) is 0 Å². The second kappa shape index (κ2) is 3.76. The van der Waals surface area contributed by atoms with E-state index in [0.29, 0.717) is 17.7 Å². The second-order valence-electron chi connectivity index (χ2n) is 3.87. The molecule has 1 fully saturated rings. The maximum Gasteiger partial charge on any atom is 0.172 e. The number of fused-ring (bicyclic) bond motifs is 1. The van der Waals surface area contributed by atoms with E-state index in [-0.39, 0.29) is 11.9 Å². The summed E-state index contributed by atoms with van der Waals surface area (Å²) < 4.78 is 24.4. The van der Waals surface area contributed by atoms with Gasteiger partial charge < -0.3 is 9.47 Å². The molecule has 2 nitrogen and oxygen atoms in total. The number of halogens is 1. The summed E-state index contributed by atoms with van der Waals surface area (Å²) in [5.74, 6) is 0.00736. The molecule has 0 N–H and O–H groups in total. The van der Waals surface area contributed by atoms with Crippen molar-refractivity contribution in [3.05, 3.63) is 42.2 Å². The minimum atomic E-state index is -0.293. The smallest absolute Gasteiger partial charge is 0.172 e. The predicted molar refractivity (Wildman–Crippen MR) is 59.1 cm³/mol. The van der Waals surface area contributed by atoms with Crippen molar-refractivity contribution in [3.8, 4) is 5.75 Å². The third-order valence-corrected chi connectivity index (χ3v) is 2.65. The highest BCUT2D eigenvalue weighted by Crippen LogP contribution is 2.26. The van der Waals surface area contributed by atoms with Gasteiger partial charge in [0.25, 0.3) is 0 Å². The Balaban J connectivity index is 1.94. The van der Waals surface area contributed by atoms with Crippen LogP contribution in [0.2, 0.25) is 0 Å². The molecule has 0 radical (unpaired) electrons. The van der Waals surface area contributed by atoms with Crippen LogP contribution in [0.3, 0.4) is 0 Å². The molecule has 3 heteroatoms. The molecule has 1 unspecified atom stereocenters. The number of benzene rings is 2. The summed E-state index contributed by atoms with van der Waals surface area (Å²) in [6, 6.07) is 10.9. The molecule has 1 saturated heterocycles. The first kappa shape index (κ1) is 9.60. The average molecular weight is 218 g/mol. The summed E-state index contributed by atoms with van der Waals surface area (Å²) in [7, 11) is 0. The van der Waals surface area contributed by atoms with Gasteiger partial charge in [-0.2, -0.15) is 0 Å². The van der Waals surface area contributed by atoms with Crippen LogP contribution < -0.4 is 4.74 Å². The van der Waals surface area contributed by atoms with E-state index in [1.165, 1.54) is 0 Å². The summed E-state index contributed by atoms with van der Waals surface area (Å²) in [5.41, 5.74) is 0. The summed E-state index contributed by atoms with van der Waals surface area (Å²) in [6.07, 6.45) is 0.144. The molecule has 0 aromatic heterocycles. The molecule has 82 valence electrons. The lowest BCUT2D eigenvalue weighted by Gasteiger charge is -2.07. The molecule has 3 rings (SSSR count). The van der Waals surface area contributed by atoms with E-state index >= 15 is 0 Å². The molecule has 16 heavy (non-hydrogen) atoms. The highest BCUT2D eigenvalue weighted by Gasteiger charge is 2.23. The second-order valence-corrected chi connectivity index (χ2v) is 3.87. The molecular weight excluding hydrogens is 207 g/mol. The van der Waals surface area contributed by atoms with Crippen LogP contribution in [0.1, 0.15) is 0 Å². The zero-order valence-corrected chi connectivity index (χ0v) is 8.65. The molecule has 0 amide bonds. The standard InChI is InChI=1S/C13H11FO2/c14-13-11-4-2-1-3-9(11)5-6-12(13)16-8-10-7-15-10/h1-6,10H,7-8H2. The Labute approximate surface area is 92.6 Å². The molecule has 1 aliphatic heterocycles. The van der Waals surface area contributed by atoms with Gasteiger partial charge in [-0.15, -0.1) is 0 Å². The molecule has 2 aromatic rings. The quantitative estimate of drug-likeness (QED) is 0.739. The van der Waals surface area contributed by atoms with Gasteiger partial charge in [0.1, 0.15) is 12.7 Å². The summed E-state index contributed by atoms with van der Waals surface area (Å²) in [6.45, 7) is 1.14. The molecule has 0 aliphatic carbocycles. The Bertz CT molecular complexity index is 520. The molecule has 1 aliphatic rings. The molecule has 1 heterocycles. The fourth-order valence-corrected chi connectivity index (χ4v) is 1.67. The van der Waals surface area contributed by atoms with Crippen molar-refractivity contribution in [3.63, 3.8) is 0 Å². The monoisotopic (exact) mass is 218 g/mol. The van der Waals surface area contributed by atoms with E-state index in [1.54, 1.807) is 12.1 Å². The summed E-state index contributed by atoms with van der Waals surface area (Å²) in [4.78, 5) is 0. The van der Waals surface area contributed by atoms with Crippen LogP contribution in [0, 0.1) is 5.82 Å². The van der Waals surface area contributed by atoms with Crippen LogP contribution in [-0.4, -0.2) is 19.3 Å². The van der Waals surface area contributed by atoms with E-state index in [0.717, 1.165) is 12.0 Å². The van der Waals surface area contributed by atoms with Gasteiger partial charge in [0.15, 0.2) is 11.6 Å². The van der Waals surface area contributed by atoms with E-state index in [9.17, 15) is 4.39 Å². The molecule has 0 spiro atoms. The lowest BCUT2D eigenvalue weighted by Crippen LogP contribution is -2.05. The van der Waals surface area contributed by atoms with Crippen LogP contribution >= 0.6 is 0 Å². The van der Waals surface area contributed by atoms with Crippen molar-refractivity contribution in [2.45, 2.75) is 6.10 Å². The minimum Gasteiger partial charge on any atom is -0.488 e. The van der Waals surface area contributed by atoms with Crippen molar-refractivity contribution in [1.29, 1.82) is 0 Å². The van der Waals surface area contributed by atoms with Crippen LogP contribution in [-0.2, 0) is 4.74 Å². The van der Waals surface area contributed by atoms with E-state index < -0.39 is 0 Å². The van der Waals surface area contributed by atoms with Gasteiger partial charge >= 0.3 is 0 Å². The van der Waals surface area contributed by atoms with E-state index in [4.69, 9.17) is 9.47 Å². The van der Waals surface area contributed by atoms with Gasteiger partial charge in [0, 0.05) is 5.39 Å². The van der Waals surface area contributed by atoms with Crippen molar-refractivity contribution >= 4 is 10.8 Å². The van der Waals surface area contributed by atoms with Crippen molar-refractivity contribution in [2.75, 3.05) is 13.2 Å². The zero-order valence-electron chi connectivity index (χ0n) is 8.65. The fourth-order valence-electron chi connectivity index (χ4n) is 1.67. The van der Waals surface area contributed by atoms with Crippen LogP contribution in [0.25, 0.3) is 10.8 Å². The van der Waals surface area contributed by atoms with Crippen molar-refractivity contribution in [1.82, 2.24) is 0 Å². The molecule has 2 aromatic carbocycles. The van der Waals surface area contributed by atoms with Gasteiger partial charge in [0.05, 0.1) is 6.61 Å². The number of epoxide rings is 1. The Morgan fingerprint density at radius 3 is 2.88 bits per heavy atom. The Morgan fingerprint density at radius 2 is 2.06 bits per heavy atom. The van der Waals surface area contributed by atoms with Crippen molar-refractivity contribution in [2.24, 2.45) is 0 Å². The predicted octanol–water partition coefficient (Wildman–Crippen LogP) is 2.76. The first-order valence-corrected chi connectivity index (χ1v) is 5.26. The largest absolute Gasteiger partial charge is 0.488 e. The van der Waals surface area contributed by atoms with Crippen LogP contribution in [0.4, 0.5) is 4.39 Å². The van der Waals surface area contributed by atoms with Gasteiger partial charge in [-0.3, -0.25) is 0 Å². The Hall–Kier alpha value is -1.61. The average Bonchev–Trinajstić information content (AvgIpc) is 3.13. The maximum atomic E-state index is 14.0. The highest BCUT2D eigenvalue weighted by atomic mass is 19.1. The minimum absolute atomic E-state index is 0.144. The van der Waals surface area contributed by atoms with Crippen LogP contribution in [0.5, 0.6) is 5.75 Å². The lowest BCUT2D eigenvalue weighted by molar-refractivity contribution is 0.254. The van der Waals surface area contributed by atoms with Gasteiger partial charge in [-0.1, -0.05) is 30.3 Å². The highest BCUT2D eigenvalue weighted by molar-refractivity contribution is 5.84. The third-order valence-electron chi connectivity index (χ3n) is 2.65. The zero-order chi connectivity index (χ0) is 11.0.